The van der Waals surface area contributed by atoms with Crippen LogP contribution < -0.4 is 10.1 Å². The van der Waals surface area contributed by atoms with E-state index in [9.17, 15) is 14.6 Å². The molecule has 1 fully saturated rings. The van der Waals surface area contributed by atoms with E-state index in [0.717, 1.165) is 16.8 Å². The maximum Gasteiger partial charge on any atom is 0.229 e. The van der Waals surface area contributed by atoms with Gasteiger partial charge in [0, 0.05) is 19.4 Å². The average Bonchev–Trinajstić information content (AvgIpc) is 2.72. The van der Waals surface area contributed by atoms with Gasteiger partial charge in [0.1, 0.15) is 29.9 Å². The molecule has 4 atom stereocenters. The first-order valence-corrected chi connectivity index (χ1v) is 10.6. The molecule has 32 heavy (non-hydrogen) atoms. The van der Waals surface area contributed by atoms with E-state index >= 15 is 0 Å². The zero-order valence-corrected chi connectivity index (χ0v) is 19.0. The molecule has 0 bridgehead atoms. The molecule has 1 unspecified atom stereocenters. The monoisotopic (exact) mass is 445 g/mol. The van der Waals surface area contributed by atoms with Crippen LogP contribution in [0.5, 0.6) is 5.75 Å². The van der Waals surface area contributed by atoms with Crippen molar-refractivity contribution in [2.45, 2.75) is 57.4 Å². The highest BCUT2D eigenvalue weighted by atomic mass is 19.1. The van der Waals surface area contributed by atoms with E-state index in [1.54, 1.807) is 32.0 Å². The lowest BCUT2D eigenvalue weighted by molar-refractivity contribution is -0.305. The standard InChI is InChI=1S/C25H32FNO5/c1-15(2)27-12-11-16-9-10-19(14-20(16)17-7-6-8-18(26)13-17)31-24-22(29)21(28)23(30-5)25(3,4)32-24/h6-10,13-14,21-24,27-29H,1,11-12H2,2-5H3/t21-,22+,23+,24?/m0/s1. The van der Waals surface area contributed by atoms with E-state index in [4.69, 9.17) is 14.2 Å². The molecule has 2 aromatic rings. The summed E-state index contributed by atoms with van der Waals surface area (Å²) in [5.74, 6) is 0.102. The summed E-state index contributed by atoms with van der Waals surface area (Å²) in [4.78, 5) is 0. The molecule has 1 saturated heterocycles. The van der Waals surface area contributed by atoms with Crippen molar-refractivity contribution in [2.24, 2.45) is 0 Å². The quantitative estimate of drug-likeness (QED) is 0.578. The highest BCUT2D eigenvalue weighted by Crippen LogP contribution is 2.34. The third-order valence-electron chi connectivity index (χ3n) is 5.59. The lowest BCUT2D eigenvalue weighted by Gasteiger charge is -2.46. The van der Waals surface area contributed by atoms with E-state index in [0.29, 0.717) is 24.3 Å². The fourth-order valence-corrected chi connectivity index (χ4v) is 4.02. The normalized spacial score (nSPS) is 24.7. The van der Waals surface area contributed by atoms with Crippen LogP contribution in [0.25, 0.3) is 11.1 Å². The van der Waals surface area contributed by atoms with Gasteiger partial charge in [-0.1, -0.05) is 24.8 Å². The molecule has 0 aromatic heterocycles. The second-order valence-electron chi connectivity index (χ2n) is 8.63. The Balaban J connectivity index is 1.89. The summed E-state index contributed by atoms with van der Waals surface area (Å²) < 4.78 is 31.1. The van der Waals surface area contributed by atoms with Crippen LogP contribution in [-0.2, 0) is 15.9 Å². The number of halogens is 1. The van der Waals surface area contributed by atoms with Gasteiger partial charge in [0.05, 0.1) is 5.60 Å². The Kier molecular flexibility index (Phi) is 7.56. The maximum absolute atomic E-state index is 13.9. The van der Waals surface area contributed by atoms with Gasteiger partial charge in [-0.15, -0.1) is 0 Å². The SMILES string of the molecule is C=C(C)NCCc1ccc(OC2OC(C)(C)[C@H](OC)[C@@H](O)[C@H]2O)cc1-c1cccc(F)c1. The summed E-state index contributed by atoms with van der Waals surface area (Å²) in [5.41, 5.74) is 2.52. The highest BCUT2D eigenvalue weighted by Gasteiger charge is 2.50. The van der Waals surface area contributed by atoms with Crippen LogP contribution in [0, 0.1) is 5.82 Å². The first-order chi connectivity index (χ1) is 15.1. The van der Waals surface area contributed by atoms with Gasteiger partial charge in [-0.25, -0.2) is 4.39 Å². The minimum absolute atomic E-state index is 0.332. The molecule has 1 aliphatic heterocycles. The Morgan fingerprint density at radius 1 is 1.19 bits per heavy atom. The summed E-state index contributed by atoms with van der Waals surface area (Å²) in [7, 11) is 1.46. The Hall–Kier alpha value is -2.45. The molecule has 6 nitrogen and oxygen atoms in total. The first kappa shape index (κ1) is 24.2. The molecule has 0 spiro atoms. The molecule has 174 valence electrons. The van der Waals surface area contributed by atoms with Crippen LogP contribution in [-0.4, -0.2) is 54.1 Å². The van der Waals surface area contributed by atoms with Crippen molar-refractivity contribution in [3.63, 3.8) is 0 Å². The number of nitrogens with one attached hydrogen (secondary N) is 1. The molecular weight excluding hydrogens is 413 g/mol. The molecule has 1 aliphatic rings. The zero-order chi connectivity index (χ0) is 23.5. The van der Waals surface area contributed by atoms with Gasteiger partial charge >= 0.3 is 0 Å². The highest BCUT2D eigenvalue weighted by molar-refractivity contribution is 5.69. The second kappa shape index (κ2) is 10.0. The topological polar surface area (TPSA) is 80.2 Å². The molecule has 0 aliphatic carbocycles. The Bertz CT molecular complexity index is 948. The fourth-order valence-electron chi connectivity index (χ4n) is 4.02. The fraction of sp³-hybridized carbons (Fsp3) is 0.440. The smallest absolute Gasteiger partial charge is 0.229 e. The lowest BCUT2D eigenvalue weighted by atomic mass is 9.89. The average molecular weight is 446 g/mol. The molecule has 7 heteroatoms. The summed E-state index contributed by atoms with van der Waals surface area (Å²) in [6.45, 7) is 9.95. The van der Waals surface area contributed by atoms with Gasteiger partial charge in [-0.2, -0.15) is 0 Å². The van der Waals surface area contributed by atoms with Crippen molar-refractivity contribution < 1.29 is 28.8 Å². The van der Waals surface area contributed by atoms with E-state index in [2.05, 4.69) is 11.9 Å². The van der Waals surface area contributed by atoms with Crippen molar-refractivity contribution in [2.75, 3.05) is 13.7 Å². The van der Waals surface area contributed by atoms with Gasteiger partial charge < -0.3 is 29.7 Å². The second-order valence-corrected chi connectivity index (χ2v) is 8.63. The number of hydrogen-bond acceptors (Lipinski definition) is 6. The Labute approximate surface area is 188 Å². The van der Waals surface area contributed by atoms with Crippen molar-refractivity contribution in [1.82, 2.24) is 5.32 Å². The van der Waals surface area contributed by atoms with Crippen molar-refractivity contribution >= 4 is 0 Å². The van der Waals surface area contributed by atoms with Crippen LogP contribution in [0.4, 0.5) is 4.39 Å². The number of aliphatic hydroxyl groups is 2. The van der Waals surface area contributed by atoms with Gasteiger partial charge in [-0.05, 0) is 68.1 Å². The maximum atomic E-state index is 13.9. The van der Waals surface area contributed by atoms with Crippen molar-refractivity contribution in [3.8, 4) is 16.9 Å². The largest absolute Gasteiger partial charge is 0.462 e. The first-order valence-electron chi connectivity index (χ1n) is 10.6. The van der Waals surface area contributed by atoms with Crippen molar-refractivity contribution in [1.29, 1.82) is 0 Å². The van der Waals surface area contributed by atoms with Crippen LogP contribution in [0.3, 0.4) is 0 Å². The van der Waals surface area contributed by atoms with Crippen LogP contribution in [0.1, 0.15) is 26.3 Å². The third kappa shape index (κ3) is 5.48. The number of hydrogen-bond donors (Lipinski definition) is 3. The number of benzene rings is 2. The molecule has 0 radical (unpaired) electrons. The lowest BCUT2D eigenvalue weighted by Crippen LogP contribution is -2.63. The Morgan fingerprint density at radius 3 is 2.59 bits per heavy atom. The van der Waals surface area contributed by atoms with Crippen LogP contribution in [0.2, 0.25) is 0 Å². The van der Waals surface area contributed by atoms with E-state index in [-0.39, 0.29) is 5.82 Å². The van der Waals surface area contributed by atoms with Gasteiger partial charge in [0.15, 0.2) is 0 Å². The summed E-state index contributed by atoms with van der Waals surface area (Å²) in [6, 6.07) is 11.8. The predicted molar refractivity (Wildman–Crippen MR) is 121 cm³/mol. The van der Waals surface area contributed by atoms with Gasteiger partial charge in [0.2, 0.25) is 6.29 Å². The molecule has 2 aromatic carbocycles. The minimum Gasteiger partial charge on any atom is -0.462 e. The van der Waals surface area contributed by atoms with Gasteiger partial charge in [-0.3, -0.25) is 0 Å². The molecular formula is C25H32FNO5. The number of ether oxygens (including phenoxy) is 3. The van der Waals surface area contributed by atoms with Crippen LogP contribution in [0.15, 0.2) is 54.7 Å². The summed E-state index contributed by atoms with van der Waals surface area (Å²) in [6.07, 6.45) is -3.58. The van der Waals surface area contributed by atoms with Crippen LogP contribution >= 0.6 is 0 Å². The molecule has 0 saturated carbocycles. The molecule has 3 rings (SSSR count). The Morgan fingerprint density at radius 2 is 1.94 bits per heavy atom. The third-order valence-corrected chi connectivity index (χ3v) is 5.59. The number of aliphatic hydroxyl groups excluding tert-OH is 2. The van der Waals surface area contributed by atoms with Gasteiger partial charge in [0.25, 0.3) is 0 Å². The van der Waals surface area contributed by atoms with E-state index in [1.807, 2.05) is 19.1 Å². The number of allylic oxidation sites excluding steroid dienone is 1. The van der Waals surface area contributed by atoms with E-state index < -0.39 is 30.2 Å². The molecule has 3 N–H and O–H groups in total. The predicted octanol–water partition coefficient (Wildman–Crippen LogP) is 3.41. The zero-order valence-electron chi connectivity index (χ0n) is 19.0. The van der Waals surface area contributed by atoms with Crippen molar-refractivity contribution in [3.05, 3.63) is 66.1 Å². The molecule has 1 heterocycles. The number of rotatable bonds is 8. The van der Waals surface area contributed by atoms with E-state index in [1.165, 1.54) is 19.2 Å². The minimum atomic E-state index is -1.30. The number of methoxy groups -OCH3 is 1. The summed E-state index contributed by atoms with van der Waals surface area (Å²) >= 11 is 0. The summed E-state index contributed by atoms with van der Waals surface area (Å²) in [5, 5.41) is 24.2. The molecule has 0 amide bonds.